The maximum absolute atomic E-state index is 13.1. The number of carbonyl (C=O) groups is 3. The molecule has 2 N–H and O–H groups in total. The molecule has 10 heteroatoms. The van der Waals surface area contributed by atoms with Gasteiger partial charge in [-0.2, -0.15) is 0 Å². The van der Waals surface area contributed by atoms with Crippen LogP contribution in [-0.2, 0) is 9.59 Å². The summed E-state index contributed by atoms with van der Waals surface area (Å²) in [6, 6.07) is 18.7. The first kappa shape index (κ1) is 25.1. The predicted molar refractivity (Wildman–Crippen MR) is 148 cm³/mol. The molecule has 0 aromatic heterocycles. The normalized spacial score (nSPS) is 15.5. The summed E-state index contributed by atoms with van der Waals surface area (Å²) in [4.78, 5) is 41.9. The number of nitrogens with zero attached hydrogens (tertiary/aromatic N) is 2. The minimum absolute atomic E-state index is 0.127. The summed E-state index contributed by atoms with van der Waals surface area (Å²) in [5, 5.41) is 5.94. The van der Waals surface area contributed by atoms with Crippen molar-refractivity contribution in [1.82, 2.24) is 0 Å². The molecule has 0 radical (unpaired) electrons. The fourth-order valence-electron chi connectivity index (χ4n) is 4.30. The zero-order valence-electron chi connectivity index (χ0n) is 19.4. The molecule has 0 spiro atoms. The average Bonchev–Trinajstić information content (AvgIpc) is 3.50. The molecule has 37 heavy (non-hydrogen) atoms. The van der Waals surface area contributed by atoms with Gasteiger partial charge >= 0.3 is 0 Å². The van der Waals surface area contributed by atoms with Crippen molar-refractivity contribution in [2.75, 3.05) is 33.5 Å². The number of hydrogen-bond donors (Lipinski definition) is 2. The molecule has 0 saturated carbocycles. The van der Waals surface area contributed by atoms with Crippen LogP contribution in [0.1, 0.15) is 23.2 Å². The summed E-state index contributed by atoms with van der Waals surface area (Å²) in [5.41, 5.74) is 2.57. The molecule has 0 bridgehead atoms. The lowest BCUT2D eigenvalue weighted by atomic mass is 10.1. The lowest BCUT2D eigenvalue weighted by Crippen LogP contribution is -2.32. The summed E-state index contributed by atoms with van der Waals surface area (Å²) in [6.07, 6.45) is 2.38. The molecule has 0 aliphatic carbocycles. The second kappa shape index (κ2) is 10.5. The van der Waals surface area contributed by atoms with Crippen LogP contribution in [0.4, 0.5) is 22.7 Å². The Morgan fingerprint density at radius 2 is 1.54 bits per heavy atom. The molecule has 3 aromatic rings. The molecule has 1 fully saturated rings. The molecular formula is C27H21Cl3N4O3. The van der Waals surface area contributed by atoms with E-state index in [9.17, 15) is 14.4 Å². The van der Waals surface area contributed by atoms with E-state index in [1.165, 1.54) is 25.0 Å². The average molecular weight is 556 g/mol. The minimum atomic E-state index is -0.732. The van der Waals surface area contributed by atoms with Crippen LogP contribution in [-0.4, -0.2) is 30.8 Å². The quantitative estimate of drug-likeness (QED) is 0.350. The molecule has 0 atom stereocenters. The van der Waals surface area contributed by atoms with Gasteiger partial charge in [-0.3, -0.25) is 14.4 Å². The summed E-state index contributed by atoms with van der Waals surface area (Å²) < 4.78 is 0. The van der Waals surface area contributed by atoms with Gasteiger partial charge in [0.25, 0.3) is 17.7 Å². The topological polar surface area (TPSA) is 81.8 Å². The third-order valence-electron chi connectivity index (χ3n) is 6.17. The second-order valence-electron chi connectivity index (χ2n) is 8.63. The van der Waals surface area contributed by atoms with Crippen LogP contribution < -0.4 is 20.4 Å². The van der Waals surface area contributed by atoms with Gasteiger partial charge < -0.3 is 15.5 Å². The van der Waals surface area contributed by atoms with Crippen molar-refractivity contribution in [2.45, 2.75) is 12.8 Å². The van der Waals surface area contributed by atoms with Crippen molar-refractivity contribution < 1.29 is 14.4 Å². The van der Waals surface area contributed by atoms with E-state index in [-0.39, 0.29) is 27.3 Å². The zero-order valence-corrected chi connectivity index (χ0v) is 21.7. The molecule has 188 valence electrons. The highest BCUT2D eigenvalue weighted by Crippen LogP contribution is 2.36. The third-order valence-corrected chi connectivity index (χ3v) is 7.07. The third kappa shape index (κ3) is 5.16. The lowest BCUT2D eigenvalue weighted by molar-refractivity contribution is -0.120. The van der Waals surface area contributed by atoms with E-state index in [4.69, 9.17) is 34.8 Å². The standard InChI is InChI=1S/C27H21Cl3N4O3/c28-17-6-11-21(29)22(15-17)34-26(36)23(30)24(27(34)37)31-19-5-3-4-16(14-19)25(35)32-18-7-9-20(10-8-18)33-12-1-2-13-33/h3-11,14-15,31H,1-2,12-13H2,(H,32,35). The van der Waals surface area contributed by atoms with Gasteiger partial charge in [0.15, 0.2) is 0 Å². The summed E-state index contributed by atoms with van der Waals surface area (Å²) in [5.74, 6) is -1.74. The van der Waals surface area contributed by atoms with E-state index in [0.29, 0.717) is 22.0 Å². The van der Waals surface area contributed by atoms with E-state index in [1.54, 1.807) is 30.3 Å². The molecule has 2 aliphatic rings. The Hall–Kier alpha value is -3.52. The number of nitrogens with one attached hydrogen (secondary N) is 2. The molecular weight excluding hydrogens is 535 g/mol. The predicted octanol–water partition coefficient (Wildman–Crippen LogP) is 6.28. The van der Waals surface area contributed by atoms with Crippen LogP contribution in [0.15, 0.2) is 77.5 Å². The number of carbonyl (C=O) groups excluding carboxylic acids is 3. The van der Waals surface area contributed by atoms with Crippen LogP contribution in [0.3, 0.4) is 0 Å². The summed E-state index contributed by atoms with van der Waals surface area (Å²) in [6.45, 7) is 2.09. The van der Waals surface area contributed by atoms with Crippen molar-refractivity contribution in [2.24, 2.45) is 0 Å². The molecule has 7 nitrogen and oxygen atoms in total. The summed E-state index contributed by atoms with van der Waals surface area (Å²) in [7, 11) is 0. The van der Waals surface area contributed by atoms with Gasteiger partial charge in [-0.1, -0.05) is 40.9 Å². The number of imide groups is 1. The largest absolute Gasteiger partial charge is 0.372 e. The van der Waals surface area contributed by atoms with Crippen LogP contribution in [0, 0.1) is 0 Å². The number of hydrogen-bond acceptors (Lipinski definition) is 5. The first-order valence-electron chi connectivity index (χ1n) is 11.6. The number of anilines is 4. The monoisotopic (exact) mass is 554 g/mol. The van der Waals surface area contributed by atoms with E-state index in [0.717, 1.165) is 23.7 Å². The van der Waals surface area contributed by atoms with Gasteiger partial charge in [0.2, 0.25) is 0 Å². The van der Waals surface area contributed by atoms with Gasteiger partial charge in [0.1, 0.15) is 10.7 Å². The van der Waals surface area contributed by atoms with E-state index in [2.05, 4.69) is 15.5 Å². The molecule has 3 amide bonds. The van der Waals surface area contributed by atoms with Gasteiger partial charge in [-0.15, -0.1) is 0 Å². The molecule has 3 aromatic carbocycles. The Morgan fingerprint density at radius 1 is 0.811 bits per heavy atom. The molecule has 5 rings (SSSR count). The van der Waals surface area contributed by atoms with Gasteiger partial charge in [-0.05, 0) is 73.5 Å². The number of halogens is 3. The van der Waals surface area contributed by atoms with E-state index in [1.807, 2.05) is 24.3 Å². The fraction of sp³-hybridized carbons (Fsp3) is 0.148. The highest BCUT2D eigenvalue weighted by molar-refractivity contribution is 6.54. The second-order valence-corrected chi connectivity index (χ2v) is 9.85. The van der Waals surface area contributed by atoms with Crippen molar-refractivity contribution in [3.63, 3.8) is 0 Å². The maximum Gasteiger partial charge on any atom is 0.283 e. The minimum Gasteiger partial charge on any atom is -0.372 e. The van der Waals surface area contributed by atoms with Crippen LogP contribution in [0.5, 0.6) is 0 Å². The number of benzene rings is 3. The first-order valence-corrected chi connectivity index (χ1v) is 12.7. The van der Waals surface area contributed by atoms with Crippen molar-refractivity contribution in [1.29, 1.82) is 0 Å². The molecule has 0 unspecified atom stereocenters. The van der Waals surface area contributed by atoms with E-state index >= 15 is 0 Å². The smallest absolute Gasteiger partial charge is 0.283 e. The van der Waals surface area contributed by atoms with Crippen LogP contribution in [0.25, 0.3) is 0 Å². The number of amides is 3. The Morgan fingerprint density at radius 3 is 2.27 bits per heavy atom. The van der Waals surface area contributed by atoms with Crippen LogP contribution >= 0.6 is 34.8 Å². The lowest BCUT2D eigenvalue weighted by Gasteiger charge is -2.18. The van der Waals surface area contributed by atoms with Gasteiger partial charge in [0.05, 0.1) is 10.7 Å². The molecule has 1 saturated heterocycles. The molecule has 2 heterocycles. The number of rotatable bonds is 6. The highest BCUT2D eigenvalue weighted by atomic mass is 35.5. The Labute approximate surface area is 228 Å². The Balaban J connectivity index is 1.30. The Bertz CT molecular complexity index is 1430. The van der Waals surface area contributed by atoms with Crippen molar-refractivity contribution in [3.8, 4) is 0 Å². The first-order chi connectivity index (χ1) is 17.8. The molecule has 2 aliphatic heterocycles. The zero-order chi connectivity index (χ0) is 26.1. The van der Waals surface area contributed by atoms with E-state index < -0.39 is 11.8 Å². The van der Waals surface area contributed by atoms with Crippen LogP contribution in [0.2, 0.25) is 10.0 Å². The van der Waals surface area contributed by atoms with Crippen molar-refractivity contribution in [3.05, 3.63) is 93.1 Å². The van der Waals surface area contributed by atoms with Gasteiger partial charge in [-0.25, -0.2) is 4.90 Å². The Kier molecular flexibility index (Phi) is 7.11. The summed E-state index contributed by atoms with van der Waals surface area (Å²) >= 11 is 18.4. The highest BCUT2D eigenvalue weighted by Gasteiger charge is 2.40. The maximum atomic E-state index is 13.1. The van der Waals surface area contributed by atoms with Crippen molar-refractivity contribution >= 4 is 75.3 Å². The SMILES string of the molecule is O=C(Nc1ccc(N2CCCC2)cc1)c1cccc(NC2=C(Cl)C(=O)N(c3cc(Cl)ccc3Cl)C2=O)c1. The fourth-order valence-corrected chi connectivity index (χ4v) is 4.89. The van der Waals surface area contributed by atoms with Gasteiger partial charge in [0, 0.05) is 40.7 Å².